The Morgan fingerprint density at radius 2 is 1.22 bits per heavy atom. The second kappa shape index (κ2) is 7.68. The molecule has 2 fully saturated rings. The normalized spacial score (nSPS) is 51.7. The number of hydrogen-bond donors (Lipinski definition) is 6. The molecule has 0 bridgehead atoms. The third-order valence-corrected chi connectivity index (χ3v) is 4.84. The number of hydrogen-bond acceptors (Lipinski definition) is 9. The van der Waals surface area contributed by atoms with Gasteiger partial charge in [-0.25, -0.2) is 0 Å². The van der Waals surface area contributed by atoms with Crippen molar-refractivity contribution >= 4 is 0 Å². The summed E-state index contributed by atoms with van der Waals surface area (Å²) in [5.41, 5.74) is 0. The summed E-state index contributed by atoms with van der Waals surface area (Å²) in [6.07, 6.45) is -9.91. The lowest BCUT2D eigenvalue weighted by Crippen LogP contribution is -2.61. The molecule has 0 aliphatic carbocycles. The third kappa shape index (κ3) is 3.68. The van der Waals surface area contributed by atoms with E-state index < -0.39 is 55.8 Å². The molecule has 2 saturated heterocycles. The van der Waals surface area contributed by atoms with Gasteiger partial charge >= 0.3 is 0 Å². The Hall–Kier alpha value is -0.360. The lowest BCUT2D eigenvalue weighted by atomic mass is 9.84. The minimum atomic E-state index is -1.58. The first-order chi connectivity index (χ1) is 10.8. The Labute approximate surface area is 134 Å². The molecule has 9 heteroatoms. The van der Waals surface area contributed by atoms with E-state index in [4.69, 9.17) is 19.3 Å². The molecule has 0 amide bonds. The van der Waals surface area contributed by atoms with Crippen LogP contribution in [0.2, 0.25) is 0 Å². The van der Waals surface area contributed by atoms with E-state index in [-0.39, 0.29) is 18.4 Å². The summed E-state index contributed by atoms with van der Waals surface area (Å²) < 4.78 is 16.1. The maximum absolute atomic E-state index is 10.2. The molecule has 0 aromatic carbocycles. The second-order valence-corrected chi connectivity index (χ2v) is 6.27. The minimum absolute atomic E-state index is 0.107. The van der Waals surface area contributed by atoms with Crippen molar-refractivity contribution in [2.45, 2.75) is 63.1 Å². The van der Waals surface area contributed by atoms with Gasteiger partial charge in [-0.15, -0.1) is 0 Å². The second-order valence-electron chi connectivity index (χ2n) is 6.27. The molecule has 10 atom stereocenters. The largest absolute Gasteiger partial charge is 0.394 e. The highest BCUT2D eigenvalue weighted by atomic mass is 16.8. The van der Waals surface area contributed by atoms with Crippen LogP contribution in [0.4, 0.5) is 0 Å². The van der Waals surface area contributed by atoms with Crippen LogP contribution >= 0.6 is 0 Å². The summed E-state index contributed by atoms with van der Waals surface area (Å²) in [6.45, 7) is 2.78. The summed E-state index contributed by atoms with van der Waals surface area (Å²) in [4.78, 5) is 0. The Morgan fingerprint density at radius 1 is 0.696 bits per heavy atom. The van der Waals surface area contributed by atoms with Crippen molar-refractivity contribution in [3.05, 3.63) is 0 Å². The van der Waals surface area contributed by atoms with E-state index >= 15 is 0 Å². The Morgan fingerprint density at radius 3 is 1.78 bits per heavy atom. The van der Waals surface area contributed by atoms with Crippen molar-refractivity contribution in [1.29, 1.82) is 0 Å². The van der Waals surface area contributed by atoms with Gasteiger partial charge in [-0.3, -0.25) is 0 Å². The van der Waals surface area contributed by atoms with E-state index in [1.165, 1.54) is 0 Å². The van der Waals surface area contributed by atoms with Gasteiger partial charge in [0.2, 0.25) is 0 Å². The highest BCUT2D eigenvalue weighted by molar-refractivity contribution is 4.90. The van der Waals surface area contributed by atoms with E-state index in [0.29, 0.717) is 0 Å². The van der Waals surface area contributed by atoms with Crippen LogP contribution in [0.25, 0.3) is 0 Å². The summed E-state index contributed by atoms with van der Waals surface area (Å²) in [5.74, 6) is -0.347. The van der Waals surface area contributed by atoms with Crippen LogP contribution in [-0.2, 0) is 14.2 Å². The molecule has 2 aliphatic heterocycles. The molecule has 2 aliphatic rings. The average Bonchev–Trinajstić information content (AvgIpc) is 2.55. The molecule has 0 spiro atoms. The molecule has 2 rings (SSSR count). The van der Waals surface area contributed by atoms with Crippen molar-refractivity contribution in [3.63, 3.8) is 0 Å². The predicted octanol–water partition coefficient (Wildman–Crippen LogP) is -2.85. The molecular formula is C14H26O9. The van der Waals surface area contributed by atoms with Crippen LogP contribution in [0.5, 0.6) is 0 Å². The molecular weight excluding hydrogens is 312 g/mol. The standard InChI is InChI=1S/C14H26O9/c1-5-6(2)9(17)13(21-7(5)3-15)23-14-12(20)11(19)10(18)8(4-16)22-14/h5-20H,3-4H2,1-2H3/t5-,6?,7?,8?,9?,10+,11?,12?,13+,14+/m0/s1. The van der Waals surface area contributed by atoms with Crippen LogP contribution < -0.4 is 0 Å². The molecule has 0 aromatic rings. The molecule has 6 N–H and O–H groups in total. The van der Waals surface area contributed by atoms with Crippen molar-refractivity contribution in [2.24, 2.45) is 11.8 Å². The maximum Gasteiger partial charge on any atom is 0.189 e. The first-order valence-electron chi connectivity index (χ1n) is 7.72. The van der Waals surface area contributed by atoms with Gasteiger partial charge in [0.05, 0.1) is 19.3 Å². The van der Waals surface area contributed by atoms with Crippen LogP contribution in [0, 0.1) is 11.8 Å². The van der Waals surface area contributed by atoms with Gasteiger partial charge in [-0.05, 0) is 11.8 Å². The first-order valence-corrected chi connectivity index (χ1v) is 7.72. The zero-order valence-electron chi connectivity index (χ0n) is 13.1. The summed E-state index contributed by atoms with van der Waals surface area (Å²) >= 11 is 0. The summed E-state index contributed by atoms with van der Waals surface area (Å²) in [5, 5.41) is 58.2. The van der Waals surface area contributed by atoms with Crippen LogP contribution in [-0.4, -0.2) is 93.1 Å². The smallest absolute Gasteiger partial charge is 0.189 e. The first kappa shape index (κ1) is 19.0. The van der Waals surface area contributed by atoms with Crippen molar-refractivity contribution in [1.82, 2.24) is 0 Å². The van der Waals surface area contributed by atoms with Crippen LogP contribution in [0.1, 0.15) is 13.8 Å². The van der Waals surface area contributed by atoms with Gasteiger partial charge in [0.15, 0.2) is 12.6 Å². The van der Waals surface area contributed by atoms with Crippen molar-refractivity contribution < 1.29 is 44.8 Å². The third-order valence-electron chi connectivity index (χ3n) is 4.84. The molecule has 0 aromatic heterocycles. The zero-order chi connectivity index (χ0) is 17.3. The fraction of sp³-hybridized carbons (Fsp3) is 1.00. The quantitative estimate of drug-likeness (QED) is 0.318. The topological polar surface area (TPSA) is 149 Å². The summed E-state index contributed by atoms with van der Waals surface area (Å²) in [6, 6.07) is 0. The molecule has 6 unspecified atom stereocenters. The predicted molar refractivity (Wildman–Crippen MR) is 74.9 cm³/mol. The van der Waals surface area contributed by atoms with Crippen molar-refractivity contribution in [3.8, 4) is 0 Å². The van der Waals surface area contributed by atoms with Gasteiger partial charge in [-0.2, -0.15) is 0 Å². The zero-order valence-corrected chi connectivity index (χ0v) is 13.1. The molecule has 9 nitrogen and oxygen atoms in total. The van der Waals surface area contributed by atoms with Crippen LogP contribution in [0.15, 0.2) is 0 Å². The number of aliphatic hydroxyl groups is 6. The van der Waals surface area contributed by atoms with E-state index in [1.54, 1.807) is 6.92 Å². The van der Waals surface area contributed by atoms with Gasteiger partial charge in [0.1, 0.15) is 30.5 Å². The van der Waals surface area contributed by atoms with Gasteiger partial charge in [-0.1, -0.05) is 13.8 Å². The van der Waals surface area contributed by atoms with Gasteiger partial charge < -0.3 is 44.8 Å². The SMILES string of the molecule is CC1C(O)[C@@H](O[C@H]2OC(CO)[C@@H](O)C(O)C2O)OC(CO)[C@H]1C. The molecule has 136 valence electrons. The fourth-order valence-corrected chi connectivity index (χ4v) is 2.91. The van der Waals surface area contributed by atoms with E-state index in [2.05, 4.69) is 0 Å². The fourth-order valence-electron chi connectivity index (χ4n) is 2.91. The van der Waals surface area contributed by atoms with E-state index in [1.807, 2.05) is 6.92 Å². The monoisotopic (exact) mass is 338 g/mol. The van der Waals surface area contributed by atoms with E-state index in [9.17, 15) is 25.5 Å². The molecule has 0 radical (unpaired) electrons. The average molecular weight is 338 g/mol. The Bertz CT molecular complexity index is 343. The number of aliphatic hydroxyl groups excluding tert-OH is 6. The Kier molecular flexibility index (Phi) is 6.34. The molecule has 2 heterocycles. The highest BCUT2D eigenvalue weighted by Gasteiger charge is 2.48. The Balaban J connectivity index is 2.07. The lowest BCUT2D eigenvalue weighted by molar-refractivity contribution is -0.369. The van der Waals surface area contributed by atoms with E-state index in [0.717, 1.165) is 0 Å². The van der Waals surface area contributed by atoms with Gasteiger partial charge in [0.25, 0.3) is 0 Å². The molecule has 0 saturated carbocycles. The lowest BCUT2D eigenvalue weighted by Gasteiger charge is -2.45. The van der Waals surface area contributed by atoms with Gasteiger partial charge in [0, 0.05) is 0 Å². The van der Waals surface area contributed by atoms with Crippen LogP contribution in [0.3, 0.4) is 0 Å². The summed E-state index contributed by atoms with van der Waals surface area (Å²) in [7, 11) is 0. The highest BCUT2D eigenvalue weighted by Crippen LogP contribution is 2.33. The van der Waals surface area contributed by atoms with Crippen molar-refractivity contribution in [2.75, 3.05) is 13.2 Å². The maximum atomic E-state index is 10.2. The number of rotatable bonds is 4. The minimum Gasteiger partial charge on any atom is -0.394 e. The molecule has 23 heavy (non-hydrogen) atoms. The number of ether oxygens (including phenoxy) is 3.